The van der Waals surface area contributed by atoms with Gasteiger partial charge in [0.25, 0.3) is 0 Å². The second-order valence-corrected chi connectivity index (χ2v) is 37.9. The average molecular weight is 1970 g/mol. The van der Waals surface area contributed by atoms with Gasteiger partial charge in [-0.1, -0.05) is 502 Å². The SMILES string of the molecule is CC/C=C\C/C=C\C/C=C\C/C=C\CCCCC(=O)O.CC/C=C\C/C=C\C/C=C\CCCCCCCC(=O)O.CCCCC/C=C\C/C=C\C/C=C\CCCCC(=O)O.CCCCC/C=C\C/C=C\CCCCCCCC(=O)O.CCCCCCCC/C=C\CCCCCCCC(=O)O.CCCCCCCCCCCCCCCCCC(=O)O.CCCCCCCCCCCCCCCCCC(=O)O. The highest BCUT2D eigenvalue weighted by Gasteiger charge is 2.04. The Balaban J connectivity index is -0.000000295. The first-order valence-corrected chi connectivity index (χ1v) is 58.4. The fourth-order valence-electron chi connectivity index (χ4n) is 15.1. The second kappa shape index (κ2) is 143. The van der Waals surface area contributed by atoms with Crippen LogP contribution in [0.2, 0.25) is 0 Å². The maximum Gasteiger partial charge on any atom is 0.303 e. The highest BCUT2D eigenvalue weighted by Crippen LogP contribution is 2.19. The normalized spacial score (nSPS) is 11.6. The van der Waals surface area contributed by atoms with Crippen molar-refractivity contribution in [3.63, 3.8) is 0 Å². The summed E-state index contributed by atoms with van der Waals surface area (Å²) in [5, 5.41) is 59.5. The van der Waals surface area contributed by atoms with Gasteiger partial charge in [0.2, 0.25) is 0 Å². The van der Waals surface area contributed by atoms with Crippen molar-refractivity contribution in [2.75, 3.05) is 0 Å². The number of hydrogen-bond donors (Lipinski definition) is 7. The van der Waals surface area contributed by atoms with Crippen LogP contribution in [0.15, 0.2) is 158 Å². The van der Waals surface area contributed by atoms with Crippen LogP contribution in [0.4, 0.5) is 0 Å². The van der Waals surface area contributed by atoms with Crippen LogP contribution in [0, 0.1) is 0 Å². The van der Waals surface area contributed by atoms with E-state index in [4.69, 9.17) is 35.7 Å². The van der Waals surface area contributed by atoms with Crippen LogP contribution in [0.1, 0.15) is 601 Å². The molecule has 14 nitrogen and oxygen atoms in total. The molecule has 0 unspecified atom stereocenters. The molecular weight excluding hydrogens is 1740 g/mol. The highest BCUT2D eigenvalue weighted by atomic mass is 16.4. The van der Waals surface area contributed by atoms with E-state index in [1.54, 1.807) is 0 Å². The van der Waals surface area contributed by atoms with Crippen LogP contribution in [0.25, 0.3) is 0 Å². The Bertz CT molecular complexity index is 2870. The Morgan fingerprint density at radius 1 is 0.121 bits per heavy atom. The number of aliphatic carboxylic acids is 7. The Morgan fingerprint density at radius 2 is 0.214 bits per heavy atom. The summed E-state index contributed by atoms with van der Waals surface area (Å²) >= 11 is 0. The van der Waals surface area contributed by atoms with Crippen LogP contribution in [0.5, 0.6) is 0 Å². The zero-order chi connectivity index (χ0) is 104. The van der Waals surface area contributed by atoms with Gasteiger partial charge in [0, 0.05) is 44.9 Å². The number of carboxylic acids is 7. The van der Waals surface area contributed by atoms with Gasteiger partial charge in [-0.15, -0.1) is 0 Å². The van der Waals surface area contributed by atoms with Crippen molar-refractivity contribution in [2.45, 2.75) is 601 Å². The molecule has 140 heavy (non-hydrogen) atoms. The van der Waals surface area contributed by atoms with Crippen LogP contribution in [-0.2, 0) is 33.6 Å². The molecule has 0 heterocycles. The van der Waals surface area contributed by atoms with E-state index in [-0.39, 0.29) is 6.42 Å². The van der Waals surface area contributed by atoms with E-state index in [1.807, 2.05) is 0 Å². The first kappa shape index (κ1) is 146. The number of hydrogen-bond acceptors (Lipinski definition) is 7. The van der Waals surface area contributed by atoms with Crippen LogP contribution < -0.4 is 0 Å². The largest absolute Gasteiger partial charge is 0.481 e. The molecule has 0 saturated heterocycles. The first-order valence-electron chi connectivity index (χ1n) is 58.4. The third kappa shape index (κ3) is 176. The van der Waals surface area contributed by atoms with Crippen LogP contribution >= 0.6 is 0 Å². The maximum absolute atomic E-state index is 10.3. The van der Waals surface area contributed by atoms with Crippen LogP contribution in [0.3, 0.4) is 0 Å². The lowest BCUT2D eigenvalue weighted by atomic mass is 10.0. The van der Waals surface area contributed by atoms with Crippen molar-refractivity contribution in [1.29, 1.82) is 0 Å². The molecule has 0 atom stereocenters. The molecule has 814 valence electrons. The average Bonchev–Trinajstić information content (AvgIpc) is 1.11. The molecule has 0 saturated carbocycles. The number of carboxylic acid groups (broad SMARTS) is 7. The molecule has 0 aliphatic rings. The lowest BCUT2D eigenvalue weighted by Crippen LogP contribution is -1.93. The molecule has 0 spiro atoms. The topological polar surface area (TPSA) is 261 Å². The predicted molar refractivity (Wildman–Crippen MR) is 609 cm³/mol. The van der Waals surface area contributed by atoms with Gasteiger partial charge >= 0.3 is 41.8 Å². The molecule has 0 aliphatic heterocycles. The van der Waals surface area contributed by atoms with Gasteiger partial charge in [-0.25, -0.2) is 0 Å². The number of allylic oxidation sites excluding steroid dienone is 26. The summed E-state index contributed by atoms with van der Waals surface area (Å²) in [5.74, 6) is -4.71. The quantitative estimate of drug-likeness (QED) is 0.0221. The molecule has 0 bridgehead atoms. The lowest BCUT2D eigenvalue weighted by Gasteiger charge is -2.03. The van der Waals surface area contributed by atoms with Crippen molar-refractivity contribution in [3.05, 3.63) is 158 Å². The predicted octanol–water partition coefficient (Wildman–Crippen LogP) is 41.4. The number of carbonyl (C=O) groups is 7. The van der Waals surface area contributed by atoms with Crippen molar-refractivity contribution in [2.24, 2.45) is 0 Å². The Kier molecular flexibility index (Phi) is 149. The monoisotopic (exact) mass is 1960 g/mol. The van der Waals surface area contributed by atoms with Crippen molar-refractivity contribution < 1.29 is 69.3 Å². The smallest absolute Gasteiger partial charge is 0.303 e. The Hall–Kier alpha value is -7.09. The van der Waals surface area contributed by atoms with E-state index in [2.05, 4.69) is 206 Å². The first-order chi connectivity index (χ1) is 68.4. The molecule has 0 amide bonds. The zero-order valence-electron chi connectivity index (χ0n) is 92.3. The Labute approximate surface area is 864 Å². The summed E-state index contributed by atoms with van der Waals surface area (Å²) in [4.78, 5) is 72.2. The van der Waals surface area contributed by atoms with E-state index >= 15 is 0 Å². The molecule has 7 N–H and O–H groups in total. The van der Waals surface area contributed by atoms with Gasteiger partial charge in [0.1, 0.15) is 0 Å². The standard InChI is InChI=1S/2C18H36O2.C18H34O2.C18H32O2.2C18H30O2.C18H28O2/c7*1-2-3-4-5-6-7-8-9-10-11-12-13-14-15-16-17-18(19)20/h2*2-17H2,1H3,(H,19,20);9-10H,2-8,11-17H2,1H3,(H,19,20);6-7,9-10H,2-5,8,11-17H2,1H3,(H,19,20);6-7,9-10,12-13H,2-5,8,11,14-17H2,1H3,(H,19,20);3-4,6-7,9-10H,2,5,8,11-17H2,1H3,(H,19,20);3-4,6-7,9-10,12-13H,2,5,8,11,14-17H2,1H3,(H,19,20)/b;;10-9-;7-6-,10-9-;7-6-,10-9-,13-12-;4-3-,7-6-,10-9-;4-3-,7-6-,10-9-,13-12-. The summed E-state index contributed by atoms with van der Waals surface area (Å²) in [7, 11) is 0. The van der Waals surface area contributed by atoms with Crippen molar-refractivity contribution in [3.8, 4) is 0 Å². The van der Waals surface area contributed by atoms with E-state index < -0.39 is 41.8 Å². The molecule has 14 heteroatoms. The summed E-state index contributed by atoms with van der Waals surface area (Å²) in [6, 6.07) is 0. The second-order valence-electron chi connectivity index (χ2n) is 37.9. The molecule has 0 aromatic rings. The van der Waals surface area contributed by atoms with Gasteiger partial charge < -0.3 is 35.7 Å². The Morgan fingerprint density at radius 3 is 0.357 bits per heavy atom. The van der Waals surface area contributed by atoms with Gasteiger partial charge in [-0.05, 0) is 212 Å². The van der Waals surface area contributed by atoms with Crippen molar-refractivity contribution in [1.82, 2.24) is 0 Å². The van der Waals surface area contributed by atoms with Gasteiger partial charge in [-0.2, -0.15) is 0 Å². The van der Waals surface area contributed by atoms with E-state index in [9.17, 15) is 33.6 Å². The number of rotatable bonds is 99. The minimum Gasteiger partial charge on any atom is -0.481 e. The summed E-state index contributed by atoms with van der Waals surface area (Å²) in [6.07, 6.45) is 155. The fraction of sp³-hybridized carbons (Fsp3) is 0.738. The summed E-state index contributed by atoms with van der Waals surface area (Å²) < 4.78 is 0. The fourth-order valence-corrected chi connectivity index (χ4v) is 15.1. The minimum absolute atomic E-state index is 0.285. The zero-order valence-corrected chi connectivity index (χ0v) is 92.3. The maximum atomic E-state index is 10.3. The van der Waals surface area contributed by atoms with Gasteiger partial charge in [-0.3, -0.25) is 33.6 Å². The molecular formula is C126H226O14. The summed E-state index contributed by atoms with van der Waals surface area (Å²) in [6.45, 7) is 15.6. The third-order valence-electron chi connectivity index (χ3n) is 23.8. The van der Waals surface area contributed by atoms with Gasteiger partial charge in [0.15, 0.2) is 0 Å². The highest BCUT2D eigenvalue weighted by molar-refractivity contribution is 5.68. The lowest BCUT2D eigenvalue weighted by molar-refractivity contribution is -0.138. The van der Waals surface area contributed by atoms with E-state index in [1.165, 1.54) is 321 Å². The molecule has 0 aromatic carbocycles. The summed E-state index contributed by atoms with van der Waals surface area (Å²) in [5.41, 5.74) is 0. The van der Waals surface area contributed by atoms with E-state index in [0.717, 1.165) is 186 Å². The molecule has 0 radical (unpaired) electrons. The molecule has 0 fully saturated rings. The number of unbranched alkanes of at least 4 members (excludes halogenated alkanes) is 59. The van der Waals surface area contributed by atoms with Crippen LogP contribution in [-0.4, -0.2) is 77.5 Å². The molecule has 0 rings (SSSR count). The molecule has 0 aromatic heterocycles. The van der Waals surface area contributed by atoms with E-state index in [0.29, 0.717) is 38.5 Å². The van der Waals surface area contributed by atoms with Crippen molar-refractivity contribution >= 4 is 41.8 Å². The third-order valence-corrected chi connectivity index (χ3v) is 23.8. The molecule has 0 aliphatic carbocycles. The minimum atomic E-state index is -0.699. The van der Waals surface area contributed by atoms with Gasteiger partial charge in [0.05, 0.1) is 0 Å².